The Hall–Kier alpha value is -2.68. The Bertz CT molecular complexity index is 1120. The second-order valence-corrected chi connectivity index (χ2v) is 14.0. The molecule has 38 heavy (non-hydrogen) atoms. The average molecular weight is 551 g/mol. The number of rotatable bonds is 11. The van der Waals surface area contributed by atoms with Crippen LogP contribution in [0.15, 0.2) is 42.0 Å². The molecule has 0 aliphatic carbocycles. The summed E-state index contributed by atoms with van der Waals surface area (Å²) in [5, 5.41) is 1.36. The molecule has 214 valence electrons. The number of likely N-dealkylation sites (N-methyl/N-ethyl adjacent to an activating group) is 1. The fraction of sp³-hybridized carbons (Fsp3) is 0.621. The van der Waals surface area contributed by atoms with Gasteiger partial charge in [0.2, 0.25) is 11.8 Å². The van der Waals surface area contributed by atoms with Crippen molar-refractivity contribution in [1.29, 1.82) is 0 Å². The van der Waals surface area contributed by atoms with Crippen molar-refractivity contribution in [1.82, 2.24) is 10.2 Å². The predicted octanol–water partition coefficient (Wildman–Crippen LogP) is 3.90. The van der Waals surface area contributed by atoms with Crippen LogP contribution >= 0.6 is 0 Å². The molecular formula is C29H46N2O6S. The van der Waals surface area contributed by atoms with Gasteiger partial charge in [-0.15, -0.1) is 0 Å². The fourth-order valence-corrected chi connectivity index (χ4v) is 6.28. The van der Waals surface area contributed by atoms with Crippen LogP contribution in [0.1, 0.15) is 67.9 Å². The SMILES string of the molecule is CCOC(=O)C(C)=C[C@H](C(C)C)N(C)C(=O)[C@@H](NC(=O)[C@H](C(C)(C)c1ccccc1)S(C)(=O)=O)C(C)(C)C. The van der Waals surface area contributed by atoms with Crippen molar-refractivity contribution in [3.05, 3.63) is 47.5 Å². The Morgan fingerprint density at radius 1 is 1.05 bits per heavy atom. The van der Waals surface area contributed by atoms with E-state index < -0.39 is 49.9 Å². The highest BCUT2D eigenvalue weighted by atomic mass is 32.2. The largest absolute Gasteiger partial charge is 0.463 e. The third kappa shape index (κ3) is 8.41. The Morgan fingerprint density at radius 3 is 2.00 bits per heavy atom. The fourth-order valence-electron chi connectivity index (χ4n) is 4.61. The second-order valence-electron chi connectivity index (χ2n) is 11.9. The zero-order valence-corrected chi connectivity index (χ0v) is 25.6. The maximum atomic E-state index is 13.9. The zero-order valence-electron chi connectivity index (χ0n) is 24.8. The molecule has 0 saturated carbocycles. The predicted molar refractivity (Wildman–Crippen MR) is 151 cm³/mol. The van der Waals surface area contributed by atoms with Gasteiger partial charge in [-0.25, -0.2) is 13.2 Å². The number of esters is 1. The third-order valence-corrected chi connectivity index (χ3v) is 8.39. The number of hydrogen-bond donors (Lipinski definition) is 1. The van der Waals surface area contributed by atoms with Crippen molar-refractivity contribution in [2.24, 2.45) is 11.3 Å². The normalized spacial score (nSPS) is 15.4. The second kappa shape index (κ2) is 12.9. The van der Waals surface area contributed by atoms with Crippen LogP contribution in [0.25, 0.3) is 0 Å². The van der Waals surface area contributed by atoms with E-state index in [1.54, 1.807) is 65.1 Å². The topological polar surface area (TPSA) is 110 Å². The number of amides is 2. The summed E-state index contributed by atoms with van der Waals surface area (Å²) < 4.78 is 31.0. The Labute approximate surface area is 229 Å². The Kier molecular flexibility index (Phi) is 11.3. The van der Waals surface area contributed by atoms with Crippen LogP contribution in [0.2, 0.25) is 0 Å². The molecule has 2 amide bonds. The molecule has 1 aromatic rings. The van der Waals surface area contributed by atoms with Gasteiger partial charge in [0.25, 0.3) is 0 Å². The van der Waals surface area contributed by atoms with E-state index in [0.29, 0.717) is 11.1 Å². The lowest BCUT2D eigenvalue weighted by atomic mass is 9.80. The van der Waals surface area contributed by atoms with Gasteiger partial charge in [0.1, 0.15) is 11.3 Å². The van der Waals surface area contributed by atoms with Crippen LogP contribution < -0.4 is 5.32 Å². The van der Waals surface area contributed by atoms with Crippen molar-refractivity contribution in [2.75, 3.05) is 19.9 Å². The molecule has 0 fully saturated rings. The van der Waals surface area contributed by atoms with Crippen molar-refractivity contribution < 1.29 is 27.5 Å². The average Bonchev–Trinajstić information content (AvgIpc) is 2.78. The molecule has 1 N–H and O–H groups in total. The first-order chi connectivity index (χ1) is 17.3. The molecule has 9 heteroatoms. The van der Waals surface area contributed by atoms with Gasteiger partial charge in [0.15, 0.2) is 9.84 Å². The van der Waals surface area contributed by atoms with Gasteiger partial charge < -0.3 is 15.0 Å². The summed E-state index contributed by atoms with van der Waals surface area (Å²) in [7, 11) is -2.25. The first-order valence-corrected chi connectivity index (χ1v) is 14.9. The minimum absolute atomic E-state index is 0.0505. The van der Waals surface area contributed by atoms with Crippen LogP contribution in [0.5, 0.6) is 0 Å². The molecule has 0 aliphatic rings. The number of benzene rings is 1. The van der Waals surface area contributed by atoms with Crippen LogP contribution in [-0.4, -0.2) is 68.3 Å². The van der Waals surface area contributed by atoms with Crippen LogP contribution in [-0.2, 0) is 34.4 Å². The number of nitrogens with one attached hydrogen (secondary N) is 1. The summed E-state index contributed by atoms with van der Waals surface area (Å²) in [5.41, 5.74) is -0.721. The van der Waals surface area contributed by atoms with Crippen LogP contribution in [0.3, 0.4) is 0 Å². The van der Waals surface area contributed by atoms with Gasteiger partial charge in [-0.2, -0.15) is 0 Å². The van der Waals surface area contributed by atoms with E-state index in [4.69, 9.17) is 4.74 Å². The molecule has 1 rings (SSSR count). The quantitative estimate of drug-likeness (QED) is 0.331. The molecule has 0 spiro atoms. The molecular weight excluding hydrogens is 504 g/mol. The number of sulfone groups is 1. The highest BCUT2D eigenvalue weighted by Gasteiger charge is 2.46. The first-order valence-electron chi connectivity index (χ1n) is 12.9. The summed E-state index contributed by atoms with van der Waals surface area (Å²) in [4.78, 5) is 41.3. The van der Waals surface area contributed by atoms with Gasteiger partial charge >= 0.3 is 5.97 Å². The maximum Gasteiger partial charge on any atom is 0.333 e. The summed E-state index contributed by atoms with van der Waals surface area (Å²) >= 11 is 0. The van der Waals surface area contributed by atoms with Crippen LogP contribution in [0.4, 0.5) is 0 Å². The lowest BCUT2D eigenvalue weighted by Gasteiger charge is -2.39. The monoisotopic (exact) mass is 550 g/mol. The smallest absolute Gasteiger partial charge is 0.333 e. The van der Waals surface area contributed by atoms with E-state index in [9.17, 15) is 22.8 Å². The molecule has 1 aromatic carbocycles. The summed E-state index contributed by atoms with van der Waals surface area (Å²) in [6.07, 6.45) is 2.74. The standard InChI is InChI=1S/C29H46N2O6S/c1-12-37-27(34)20(4)18-22(19(2)3)31(10)26(33)23(28(5,6)7)30-25(32)24(38(11,35)36)29(8,9)21-16-14-13-15-17-21/h13-19,22-24H,12H2,1-11H3,(H,30,32)/t22-,23-,24-/m1/s1. The van der Waals surface area contributed by atoms with Crippen molar-refractivity contribution >= 4 is 27.6 Å². The maximum absolute atomic E-state index is 13.9. The number of carbonyl (C=O) groups is 3. The van der Waals surface area contributed by atoms with Gasteiger partial charge in [-0.05, 0) is 30.7 Å². The summed E-state index contributed by atoms with van der Waals surface area (Å²) in [6.45, 7) is 16.3. The minimum atomic E-state index is -3.87. The van der Waals surface area contributed by atoms with E-state index in [1.165, 1.54) is 4.90 Å². The van der Waals surface area contributed by atoms with Crippen molar-refractivity contribution in [3.8, 4) is 0 Å². The minimum Gasteiger partial charge on any atom is -0.463 e. The lowest BCUT2D eigenvalue weighted by molar-refractivity contribution is -0.140. The van der Waals surface area contributed by atoms with Crippen molar-refractivity contribution in [3.63, 3.8) is 0 Å². The Balaban J connectivity index is 3.45. The summed E-state index contributed by atoms with van der Waals surface area (Å²) in [5.74, 6) is -1.63. The van der Waals surface area contributed by atoms with E-state index in [1.807, 2.05) is 40.7 Å². The highest BCUT2D eigenvalue weighted by molar-refractivity contribution is 7.92. The molecule has 0 heterocycles. The van der Waals surface area contributed by atoms with E-state index in [2.05, 4.69) is 5.32 Å². The number of hydrogen-bond acceptors (Lipinski definition) is 6. The van der Waals surface area contributed by atoms with Gasteiger partial charge in [-0.3, -0.25) is 9.59 Å². The molecule has 0 bridgehead atoms. The lowest BCUT2D eigenvalue weighted by Crippen LogP contribution is -2.60. The number of ether oxygens (including phenoxy) is 1. The number of carbonyl (C=O) groups excluding carboxylic acids is 3. The van der Waals surface area contributed by atoms with E-state index >= 15 is 0 Å². The molecule has 0 aromatic heterocycles. The molecule has 3 atom stereocenters. The van der Waals surface area contributed by atoms with Crippen molar-refractivity contribution in [2.45, 2.75) is 85.1 Å². The van der Waals surface area contributed by atoms with E-state index in [-0.39, 0.29) is 18.4 Å². The molecule has 0 radical (unpaired) electrons. The number of nitrogens with zero attached hydrogens (tertiary/aromatic N) is 1. The van der Waals surface area contributed by atoms with Crippen LogP contribution in [0, 0.1) is 11.3 Å². The summed E-state index contributed by atoms with van der Waals surface area (Å²) in [6, 6.07) is 7.51. The van der Waals surface area contributed by atoms with Gasteiger partial charge in [0.05, 0.1) is 12.6 Å². The van der Waals surface area contributed by atoms with Gasteiger partial charge in [0, 0.05) is 24.3 Å². The molecule has 0 unspecified atom stereocenters. The first kappa shape index (κ1) is 33.3. The molecule has 8 nitrogen and oxygen atoms in total. The molecule has 0 saturated heterocycles. The van der Waals surface area contributed by atoms with Gasteiger partial charge in [-0.1, -0.05) is 84.9 Å². The Morgan fingerprint density at radius 2 is 1.58 bits per heavy atom. The van der Waals surface area contributed by atoms with E-state index in [0.717, 1.165) is 6.26 Å². The zero-order chi connectivity index (χ0) is 29.6. The molecule has 0 aliphatic heterocycles. The third-order valence-electron chi connectivity index (χ3n) is 6.74. The highest BCUT2D eigenvalue weighted by Crippen LogP contribution is 2.32.